The van der Waals surface area contributed by atoms with Gasteiger partial charge in [-0.3, -0.25) is 4.79 Å². The van der Waals surface area contributed by atoms with E-state index in [1.165, 1.54) is 25.7 Å². The third-order valence-electron chi connectivity index (χ3n) is 5.25. The minimum Gasteiger partial charge on any atom is -0.444 e. The molecule has 3 unspecified atom stereocenters. The third kappa shape index (κ3) is 9.39. The molecule has 0 aliphatic heterocycles. The Morgan fingerprint density at radius 1 is 1.10 bits per heavy atom. The molecular weight excluding hydrogens is 485 g/mol. The number of guanidine groups is 1. The van der Waals surface area contributed by atoms with Crippen molar-refractivity contribution in [2.24, 2.45) is 16.8 Å². The van der Waals surface area contributed by atoms with E-state index in [1.54, 1.807) is 19.0 Å². The molecule has 3 atom stereocenters. The van der Waals surface area contributed by atoms with Crippen molar-refractivity contribution in [2.45, 2.75) is 64.5 Å². The Bertz CT molecular complexity index is 577. The standard InChI is InChI=1S/C20H37N5O3.HI/c1-20(2,3)28-19(27)22-10-6-9-21-18(23-13-17(26)25(4)5)24-16-12-14-7-8-15(16)11-14;/h14-16H,6-13H2,1-5H3,(H,22,27)(H2,21,23,24);1H. The van der Waals surface area contributed by atoms with Crippen LogP contribution in [0.4, 0.5) is 4.79 Å². The number of aliphatic imine (C=N–C) groups is 1. The fourth-order valence-corrected chi connectivity index (χ4v) is 3.84. The largest absolute Gasteiger partial charge is 0.444 e. The highest BCUT2D eigenvalue weighted by Gasteiger charge is 2.39. The zero-order valence-corrected chi connectivity index (χ0v) is 20.7. The number of carbonyl (C=O) groups excluding carboxylic acids is 2. The smallest absolute Gasteiger partial charge is 0.407 e. The SMILES string of the molecule is CN(C)C(=O)CN=C(NCCCNC(=O)OC(C)(C)C)NC1CC2CCC1C2.I. The van der Waals surface area contributed by atoms with Crippen LogP contribution in [0.15, 0.2) is 4.99 Å². The fourth-order valence-electron chi connectivity index (χ4n) is 3.84. The molecule has 2 amide bonds. The van der Waals surface area contributed by atoms with Gasteiger partial charge in [0.05, 0.1) is 0 Å². The average Bonchev–Trinajstić information content (AvgIpc) is 3.19. The Morgan fingerprint density at radius 2 is 1.79 bits per heavy atom. The molecule has 2 fully saturated rings. The molecule has 0 aromatic carbocycles. The minimum absolute atomic E-state index is 0. The van der Waals surface area contributed by atoms with Gasteiger partial charge in [-0.1, -0.05) is 6.42 Å². The number of likely N-dealkylation sites (N-methyl/N-ethyl adjacent to an activating group) is 1. The van der Waals surface area contributed by atoms with Gasteiger partial charge in [0.15, 0.2) is 5.96 Å². The average molecular weight is 523 g/mol. The number of ether oxygens (including phenoxy) is 1. The molecule has 0 saturated heterocycles. The second kappa shape index (κ2) is 11.8. The molecule has 2 aliphatic rings. The van der Waals surface area contributed by atoms with Crippen LogP contribution in [-0.2, 0) is 9.53 Å². The maximum absolute atomic E-state index is 11.9. The molecule has 0 aromatic heterocycles. The molecule has 0 radical (unpaired) electrons. The summed E-state index contributed by atoms with van der Waals surface area (Å²) in [5, 5.41) is 9.58. The van der Waals surface area contributed by atoms with Crippen LogP contribution < -0.4 is 16.0 Å². The molecule has 0 spiro atoms. The number of amides is 2. The first-order valence-corrected chi connectivity index (χ1v) is 10.4. The highest BCUT2D eigenvalue weighted by Crippen LogP contribution is 2.44. The van der Waals surface area contributed by atoms with E-state index in [4.69, 9.17) is 4.74 Å². The summed E-state index contributed by atoms with van der Waals surface area (Å²) in [4.78, 5) is 29.6. The van der Waals surface area contributed by atoms with Crippen LogP contribution in [0.25, 0.3) is 0 Å². The van der Waals surface area contributed by atoms with Crippen LogP contribution in [-0.4, -0.2) is 68.2 Å². The van der Waals surface area contributed by atoms with Gasteiger partial charge in [0.2, 0.25) is 5.91 Å². The molecular formula is C20H38IN5O3. The molecule has 2 bridgehead atoms. The number of rotatable bonds is 7. The quantitative estimate of drug-likeness (QED) is 0.206. The summed E-state index contributed by atoms with van der Waals surface area (Å²) in [6.07, 6.45) is 5.45. The second-order valence-electron chi connectivity index (χ2n) is 9.09. The van der Waals surface area contributed by atoms with E-state index in [9.17, 15) is 9.59 Å². The highest BCUT2D eigenvalue weighted by molar-refractivity contribution is 14.0. The van der Waals surface area contributed by atoms with Crippen molar-refractivity contribution < 1.29 is 14.3 Å². The lowest BCUT2D eigenvalue weighted by molar-refractivity contribution is -0.127. The zero-order valence-electron chi connectivity index (χ0n) is 18.4. The van der Waals surface area contributed by atoms with Crippen LogP contribution >= 0.6 is 24.0 Å². The Kier molecular flexibility index (Phi) is 10.5. The van der Waals surface area contributed by atoms with Crippen molar-refractivity contribution >= 4 is 41.9 Å². The molecule has 2 rings (SSSR count). The van der Waals surface area contributed by atoms with Gasteiger partial charge in [-0.15, -0.1) is 24.0 Å². The summed E-state index contributed by atoms with van der Waals surface area (Å²) in [5.41, 5.74) is -0.494. The first-order chi connectivity index (χ1) is 13.1. The van der Waals surface area contributed by atoms with Gasteiger partial charge >= 0.3 is 6.09 Å². The number of nitrogens with one attached hydrogen (secondary N) is 3. The van der Waals surface area contributed by atoms with E-state index < -0.39 is 11.7 Å². The zero-order chi connectivity index (χ0) is 20.7. The molecule has 2 aliphatic carbocycles. The Labute approximate surface area is 192 Å². The van der Waals surface area contributed by atoms with Gasteiger partial charge in [0.1, 0.15) is 12.1 Å². The van der Waals surface area contributed by atoms with Crippen LogP contribution in [0.2, 0.25) is 0 Å². The number of nitrogens with zero attached hydrogens (tertiary/aromatic N) is 2. The highest BCUT2D eigenvalue weighted by atomic mass is 127. The van der Waals surface area contributed by atoms with E-state index >= 15 is 0 Å². The molecule has 0 aromatic rings. The van der Waals surface area contributed by atoms with Gasteiger partial charge in [-0.25, -0.2) is 9.79 Å². The van der Waals surface area contributed by atoms with Gasteiger partial charge < -0.3 is 25.6 Å². The molecule has 3 N–H and O–H groups in total. The predicted octanol–water partition coefficient (Wildman–Crippen LogP) is 2.33. The predicted molar refractivity (Wildman–Crippen MR) is 126 cm³/mol. The Balaban J connectivity index is 0.00000420. The van der Waals surface area contributed by atoms with Crippen molar-refractivity contribution in [1.29, 1.82) is 0 Å². The van der Waals surface area contributed by atoms with E-state index in [1.807, 2.05) is 20.8 Å². The summed E-state index contributed by atoms with van der Waals surface area (Å²) >= 11 is 0. The lowest BCUT2D eigenvalue weighted by atomic mass is 9.95. The maximum atomic E-state index is 11.9. The molecule has 8 nitrogen and oxygen atoms in total. The number of fused-ring (bicyclic) bond motifs is 2. The summed E-state index contributed by atoms with van der Waals surface area (Å²) in [6, 6.07) is 0.444. The van der Waals surface area contributed by atoms with E-state index in [2.05, 4.69) is 20.9 Å². The first-order valence-electron chi connectivity index (χ1n) is 10.4. The summed E-state index contributed by atoms with van der Waals surface area (Å²) in [6.45, 7) is 6.81. The minimum atomic E-state index is -0.494. The number of halogens is 1. The number of carbonyl (C=O) groups is 2. The van der Waals surface area contributed by atoms with E-state index in [0.717, 1.165) is 18.3 Å². The van der Waals surface area contributed by atoms with Crippen molar-refractivity contribution in [3.63, 3.8) is 0 Å². The van der Waals surface area contributed by atoms with Gasteiger partial charge in [-0.05, 0) is 58.3 Å². The van der Waals surface area contributed by atoms with Crippen molar-refractivity contribution in [1.82, 2.24) is 20.9 Å². The van der Waals surface area contributed by atoms with Crippen LogP contribution in [0, 0.1) is 11.8 Å². The maximum Gasteiger partial charge on any atom is 0.407 e. The molecule has 9 heteroatoms. The number of alkyl carbamates (subject to hydrolysis) is 1. The van der Waals surface area contributed by atoms with Gasteiger partial charge in [0, 0.05) is 33.2 Å². The molecule has 29 heavy (non-hydrogen) atoms. The summed E-state index contributed by atoms with van der Waals surface area (Å²) < 4.78 is 5.22. The third-order valence-corrected chi connectivity index (χ3v) is 5.25. The van der Waals surface area contributed by atoms with Crippen LogP contribution in [0.3, 0.4) is 0 Å². The Hall–Kier alpha value is -1.26. The Morgan fingerprint density at radius 3 is 2.34 bits per heavy atom. The summed E-state index contributed by atoms with van der Waals surface area (Å²) in [5.74, 6) is 2.21. The fraction of sp³-hybridized carbons (Fsp3) is 0.850. The van der Waals surface area contributed by atoms with Crippen LogP contribution in [0.5, 0.6) is 0 Å². The van der Waals surface area contributed by atoms with E-state index in [-0.39, 0.29) is 36.4 Å². The monoisotopic (exact) mass is 523 g/mol. The molecule has 2 saturated carbocycles. The van der Waals surface area contributed by atoms with Crippen LogP contribution in [0.1, 0.15) is 52.9 Å². The normalized spacial score (nSPS) is 23.2. The van der Waals surface area contributed by atoms with Gasteiger partial charge in [0.25, 0.3) is 0 Å². The molecule has 0 heterocycles. The van der Waals surface area contributed by atoms with Crippen molar-refractivity contribution in [2.75, 3.05) is 33.7 Å². The number of hydrogen-bond acceptors (Lipinski definition) is 4. The van der Waals surface area contributed by atoms with Crippen molar-refractivity contribution in [3.8, 4) is 0 Å². The van der Waals surface area contributed by atoms with Gasteiger partial charge in [-0.2, -0.15) is 0 Å². The van der Waals surface area contributed by atoms with E-state index in [0.29, 0.717) is 25.1 Å². The lowest BCUT2D eigenvalue weighted by Crippen LogP contribution is -2.46. The summed E-state index contributed by atoms with van der Waals surface area (Å²) in [7, 11) is 3.47. The van der Waals surface area contributed by atoms with Crippen molar-refractivity contribution in [3.05, 3.63) is 0 Å². The second-order valence-corrected chi connectivity index (χ2v) is 9.09. The molecule has 168 valence electrons. The topological polar surface area (TPSA) is 95.1 Å². The number of hydrogen-bond donors (Lipinski definition) is 3. The lowest BCUT2D eigenvalue weighted by Gasteiger charge is -2.25. The first kappa shape index (κ1) is 25.8.